The molecule has 1 heteroatoms. The molecule has 0 spiro atoms. The minimum Gasteiger partial charge on any atom is -0.242 e. The fourth-order valence-corrected chi connectivity index (χ4v) is 2.15. The molecule has 1 aliphatic heterocycles. The van der Waals surface area contributed by atoms with Gasteiger partial charge in [0.2, 0.25) is 0 Å². The van der Waals surface area contributed by atoms with Gasteiger partial charge in [-0.05, 0) is 24.7 Å². The van der Waals surface area contributed by atoms with Gasteiger partial charge in [-0.1, -0.05) is 19.3 Å². The van der Waals surface area contributed by atoms with E-state index in [0.717, 1.165) is 24.9 Å². The van der Waals surface area contributed by atoms with Gasteiger partial charge in [-0.15, -0.1) is 0 Å². The second kappa shape index (κ2) is 2.91. The van der Waals surface area contributed by atoms with Crippen LogP contribution < -0.4 is 5.32 Å². The van der Waals surface area contributed by atoms with Gasteiger partial charge in [0.25, 0.3) is 0 Å². The van der Waals surface area contributed by atoms with E-state index in [-0.39, 0.29) is 0 Å². The molecule has 0 amide bonds. The number of nitrogens with zero attached hydrogens (tertiary/aromatic N) is 1. The van der Waals surface area contributed by atoms with Gasteiger partial charge in [0.15, 0.2) is 0 Å². The largest absolute Gasteiger partial charge is 0.242 e. The molecule has 0 bridgehead atoms. The third-order valence-corrected chi connectivity index (χ3v) is 3.13. The molecule has 0 aromatic carbocycles. The highest BCUT2D eigenvalue weighted by molar-refractivity contribution is 4.80. The van der Waals surface area contributed by atoms with E-state index >= 15 is 0 Å². The molecule has 1 heterocycles. The van der Waals surface area contributed by atoms with Crippen molar-refractivity contribution in [2.24, 2.45) is 11.8 Å². The normalized spacial score (nSPS) is 30.0. The Morgan fingerprint density at radius 1 is 0.800 bits per heavy atom. The first-order valence-electron chi connectivity index (χ1n) is 4.60. The molecule has 0 N–H and O–H groups in total. The molecule has 1 saturated carbocycles. The summed E-state index contributed by atoms with van der Waals surface area (Å²) >= 11 is 0. The second-order valence-electron chi connectivity index (χ2n) is 3.70. The zero-order chi connectivity index (χ0) is 6.81. The molecule has 2 rings (SSSR count). The zero-order valence-corrected chi connectivity index (χ0v) is 6.55. The molecule has 0 aromatic heterocycles. The minimum absolute atomic E-state index is 1.06. The lowest BCUT2D eigenvalue weighted by molar-refractivity contribution is 0.167. The molecule has 0 unspecified atom stereocenters. The third kappa shape index (κ3) is 1.20. The van der Waals surface area contributed by atoms with Crippen LogP contribution in [0.2, 0.25) is 0 Å². The van der Waals surface area contributed by atoms with E-state index in [4.69, 9.17) is 0 Å². The summed E-state index contributed by atoms with van der Waals surface area (Å²) in [6.45, 7) is 2.31. The lowest BCUT2D eigenvalue weighted by Crippen LogP contribution is -2.30. The van der Waals surface area contributed by atoms with Crippen LogP contribution in [0.1, 0.15) is 32.1 Å². The van der Waals surface area contributed by atoms with E-state index in [1.165, 1.54) is 32.1 Å². The standard InChI is InChI=1S/C9H16N/c1-2-8(3-1)9-4-6-10-7-5-9/h8-9H,1-7H2. The van der Waals surface area contributed by atoms with Gasteiger partial charge in [0, 0.05) is 13.1 Å². The molecule has 1 aliphatic carbocycles. The van der Waals surface area contributed by atoms with Gasteiger partial charge in [-0.25, -0.2) is 5.32 Å². The van der Waals surface area contributed by atoms with E-state index in [1.54, 1.807) is 0 Å². The van der Waals surface area contributed by atoms with Crippen LogP contribution in [0, 0.1) is 11.8 Å². The van der Waals surface area contributed by atoms with Crippen LogP contribution >= 0.6 is 0 Å². The highest BCUT2D eigenvalue weighted by atomic mass is 14.9. The van der Waals surface area contributed by atoms with E-state index in [0.29, 0.717) is 0 Å². The van der Waals surface area contributed by atoms with Crippen molar-refractivity contribution in [2.75, 3.05) is 13.1 Å². The number of piperidine rings is 1. The molecule has 0 atom stereocenters. The van der Waals surface area contributed by atoms with Crippen molar-refractivity contribution in [1.29, 1.82) is 0 Å². The summed E-state index contributed by atoms with van der Waals surface area (Å²) in [5.74, 6) is 2.17. The predicted octanol–water partition coefficient (Wildman–Crippen LogP) is 1.80. The Bertz CT molecular complexity index is 101. The van der Waals surface area contributed by atoms with E-state index in [2.05, 4.69) is 5.32 Å². The topological polar surface area (TPSA) is 14.1 Å². The zero-order valence-electron chi connectivity index (χ0n) is 6.55. The average molecular weight is 138 g/mol. The van der Waals surface area contributed by atoms with Gasteiger partial charge in [0.05, 0.1) is 0 Å². The van der Waals surface area contributed by atoms with E-state index in [9.17, 15) is 0 Å². The van der Waals surface area contributed by atoms with Crippen molar-refractivity contribution >= 4 is 0 Å². The Kier molecular flexibility index (Phi) is 1.94. The maximum Gasteiger partial charge on any atom is 0.0136 e. The quantitative estimate of drug-likeness (QED) is 0.524. The molecule has 2 aliphatic rings. The molecule has 2 fully saturated rings. The predicted molar refractivity (Wildman–Crippen MR) is 41.9 cm³/mol. The summed E-state index contributed by atoms with van der Waals surface area (Å²) in [7, 11) is 0. The second-order valence-corrected chi connectivity index (χ2v) is 3.70. The lowest BCUT2D eigenvalue weighted by atomic mass is 9.72. The number of hydrogen-bond acceptors (Lipinski definition) is 0. The van der Waals surface area contributed by atoms with Crippen LogP contribution in [0.4, 0.5) is 0 Å². The first-order valence-corrected chi connectivity index (χ1v) is 4.60. The molecule has 1 radical (unpaired) electrons. The van der Waals surface area contributed by atoms with Gasteiger partial charge < -0.3 is 0 Å². The minimum atomic E-state index is 1.06. The van der Waals surface area contributed by atoms with Crippen molar-refractivity contribution < 1.29 is 0 Å². The van der Waals surface area contributed by atoms with E-state index < -0.39 is 0 Å². The van der Waals surface area contributed by atoms with Crippen LogP contribution in [-0.2, 0) is 0 Å². The van der Waals surface area contributed by atoms with Crippen LogP contribution in [0.25, 0.3) is 0 Å². The van der Waals surface area contributed by atoms with Crippen LogP contribution in [-0.4, -0.2) is 13.1 Å². The maximum atomic E-state index is 4.37. The molecule has 0 aromatic rings. The first kappa shape index (κ1) is 6.66. The third-order valence-electron chi connectivity index (χ3n) is 3.13. The molecule has 57 valence electrons. The van der Waals surface area contributed by atoms with Crippen molar-refractivity contribution in [3.8, 4) is 0 Å². The summed E-state index contributed by atoms with van der Waals surface area (Å²) in [5, 5.41) is 4.37. The Labute approximate surface area is 63.2 Å². The molecular formula is C9H16N. The summed E-state index contributed by atoms with van der Waals surface area (Å²) in [6, 6.07) is 0. The fourth-order valence-electron chi connectivity index (χ4n) is 2.15. The summed E-state index contributed by atoms with van der Waals surface area (Å²) in [6.07, 6.45) is 7.32. The Morgan fingerprint density at radius 3 is 1.90 bits per heavy atom. The summed E-state index contributed by atoms with van der Waals surface area (Å²) in [5.41, 5.74) is 0. The van der Waals surface area contributed by atoms with Crippen molar-refractivity contribution in [2.45, 2.75) is 32.1 Å². The first-order chi connectivity index (χ1) is 4.97. The highest BCUT2D eigenvalue weighted by Gasteiger charge is 2.27. The SMILES string of the molecule is C1CC(C2CC[N]CC2)C1. The van der Waals surface area contributed by atoms with Crippen molar-refractivity contribution in [3.63, 3.8) is 0 Å². The van der Waals surface area contributed by atoms with Crippen LogP contribution in [0.5, 0.6) is 0 Å². The average Bonchev–Trinajstić information content (AvgIpc) is 1.86. The Hall–Kier alpha value is -0.0400. The highest BCUT2D eigenvalue weighted by Crippen LogP contribution is 2.37. The van der Waals surface area contributed by atoms with Crippen LogP contribution in [0.15, 0.2) is 0 Å². The summed E-state index contributed by atoms with van der Waals surface area (Å²) < 4.78 is 0. The Morgan fingerprint density at radius 2 is 1.40 bits per heavy atom. The van der Waals surface area contributed by atoms with Gasteiger partial charge in [-0.2, -0.15) is 0 Å². The Balaban J connectivity index is 1.78. The molecular weight excluding hydrogens is 122 g/mol. The van der Waals surface area contributed by atoms with E-state index in [1.807, 2.05) is 0 Å². The molecule has 10 heavy (non-hydrogen) atoms. The maximum absolute atomic E-state index is 4.37. The van der Waals surface area contributed by atoms with Gasteiger partial charge in [-0.3, -0.25) is 0 Å². The van der Waals surface area contributed by atoms with Crippen molar-refractivity contribution in [1.82, 2.24) is 5.32 Å². The van der Waals surface area contributed by atoms with Gasteiger partial charge in [0.1, 0.15) is 0 Å². The van der Waals surface area contributed by atoms with Gasteiger partial charge >= 0.3 is 0 Å². The van der Waals surface area contributed by atoms with Crippen molar-refractivity contribution in [3.05, 3.63) is 0 Å². The fraction of sp³-hybridized carbons (Fsp3) is 1.00. The molecule has 1 nitrogen and oxygen atoms in total. The summed E-state index contributed by atoms with van der Waals surface area (Å²) in [4.78, 5) is 0. The lowest BCUT2D eigenvalue weighted by Gasteiger charge is -2.35. The molecule has 1 saturated heterocycles. The monoisotopic (exact) mass is 138 g/mol. The number of hydrogen-bond donors (Lipinski definition) is 0. The van der Waals surface area contributed by atoms with Crippen LogP contribution in [0.3, 0.4) is 0 Å². The smallest absolute Gasteiger partial charge is 0.0136 e. The number of rotatable bonds is 1.